The lowest BCUT2D eigenvalue weighted by Crippen LogP contribution is -2.02. The van der Waals surface area contributed by atoms with Crippen molar-refractivity contribution in [2.75, 3.05) is 7.11 Å². The minimum atomic E-state index is -0.300. The van der Waals surface area contributed by atoms with E-state index in [9.17, 15) is 4.79 Å². The Kier molecular flexibility index (Phi) is 5.37. The van der Waals surface area contributed by atoms with Crippen molar-refractivity contribution in [3.05, 3.63) is 46.5 Å². The molecule has 2 aromatic rings. The number of methoxy groups -OCH3 is 1. The van der Waals surface area contributed by atoms with E-state index in [1.807, 2.05) is 38.1 Å². The molecule has 0 aliphatic heterocycles. The molecule has 23 heavy (non-hydrogen) atoms. The second kappa shape index (κ2) is 7.09. The summed E-state index contributed by atoms with van der Waals surface area (Å²) >= 11 is 1.74. The van der Waals surface area contributed by atoms with Gasteiger partial charge in [0.05, 0.1) is 7.11 Å². The predicted octanol–water partition coefficient (Wildman–Crippen LogP) is 5.01. The summed E-state index contributed by atoms with van der Waals surface area (Å²) in [5.74, 6) is 1.18. The van der Waals surface area contributed by atoms with E-state index in [1.54, 1.807) is 18.9 Å². The molecule has 0 saturated carbocycles. The van der Waals surface area contributed by atoms with E-state index in [0.29, 0.717) is 5.75 Å². The van der Waals surface area contributed by atoms with Gasteiger partial charge in [0.2, 0.25) is 0 Å². The largest absolute Gasteiger partial charge is 0.497 e. The molecule has 2 rings (SSSR count). The molecule has 0 bridgehead atoms. The fourth-order valence-electron chi connectivity index (χ4n) is 2.59. The molecule has 0 aromatic heterocycles. The predicted molar refractivity (Wildman–Crippen MR) is 93.8 cm³/mol. The van der Waals surface area contributed by atoms with Gasteiger partial charge in [0.15, 0.2) is 0 Å². The van der Waals surface area contributed by atoms with E-state index in [4.69, 9.17) is 9.47 Å². The van der Waals surface area contributed by atoms with Crippen LogP contribution in [0.3, 0.4) is 0 Å². The zero-order valence-electron chi connectivity index (χ0n) is 14.4. The Morgan fingerprint density at radius 2 is 1.22 bits per heavy atom. The van der Waals surface area contributed by atoms with Gasteiger partial charge in [0, 0.05) is 16.7 Å². The topological polar surface area (TPSA) is 35.5 Å². The first kappa shape index (κ1) is 17.4. The zero-order chi connectivity index (χ0) is 17.1. The number of hydrogen-bond acceptors (Lipinski definition) is 4. The third-order valence-corrected chi connectivity index (χ3v) is 5.27. The first-order valence-electron chi connectivity index (χ1n) is 7.44. The van der Waals surface area contributed by atoms with Crippen molar-refractivity contribution in [3.63, 3.8) is 0 Å². The number of ether oxygens (including phenoxy) is 2. The second-order valence-corrected chi connectivity index (χ2v) is 6.69. The molecule has 4 heteroatoms. The van der Waals surface area contributed by atoms with E-state index in [0.717, 1.165) is 16.9 Å². The zero-order valence-corrected chi connectivity index (χ0v) is 15.3. The molecule has 0 unspecified atom stereocenters. The minimum absolute atomic E-state index is 0.300. The Bertz CT molecular complexity index is 704. The summed E-state index contributed by atoms with van der Waals surface area (Å²) in [6.07, 6.45) is 0. The minimum Gasteiger partial charge on any atom is -0.497 e. The normalized spacial score (nSPS) is 10.5. The van der Waals surface area contributed by atoms with Crippen LogP contribution in [0.1, 0.15) is 29.2 Å². The standard InChI is InChI=1S/C19H22O3S/c1-11-7-16(21-6)8-12(2)18(11)23-19-13(3)9-17(10-14(19)4)22-15(5)20/h7-10H,1-6H3. The second-order valence-electron chi connectivity index (χ2n) is 5.67. The average Bonchev–Trinajstić information content (AvgIpc) is 2.44. The Labute approximate surface area is 142 Å². The van der Waals surface area contributed by atoms with Gasteiger partial charge in [-0.15, -0.1) is 0 Å². The Balaban J connectivity index is 2.39. The number of carbonyl (C=O) groups excluding carboxylic acids is 1. The van der Waals surface area contributed by atoms with Crippen molar-refractivity contribution in [2.45, 2.75) is 44.4 Å². The highest BCUT2D eigenvalue weighted by molar-refractivity contribution is 7.99. The van der Waals surface area contributed by atoms with Crippen LogP contribution in [0.5, 0.6) is 11.5 Å². The monoisotopic (exact) mass is 330 g/mol. The lowest BCUT2D eigenvalue weighted by molar-refractivity contribution is -0.131. The van der Waals surface area contributed by atoms with Crippen molar-refractivity contribution < 1.29 is 14.3 Å². The van der Waals surface area contributed by atoms with Gasteiger partial charge >= 0.3 is 5.97 Å². The molecule has 0 atom stereocenters. The summed E-state index contributed by atoms with van der Waals surface area (Å²) in [6.45, 7) is 9.68. The van der Waals surface area contributed by atoms with Crippen LogP contribution in [0, 0.1) is 27.7 Å². The molecule has 0 heterocycles. The summed E-state index contributed by atoms with van der Waals surface area (Å²) in [5, 5.41) is 0. The fourth-order valence-corrected chi connectivity index (χ4v) is 3.67. The summed E-state index contributed by atoms with van der Waals surface area (Å²) in [5.41, 5.74) is 4.58. The van der Waals surface area contributed by atoms with Gasteiger partial charge in [-0.2, -0.15) is 0 Å². The SMILES string of the molecule is COc1cc(C)c(Sc2c(C)cc(OC(C)=O)cc2C)c(C)c1. The van der Waals surface area contributed by atoms with Crippen molar-refractivity contribution in [1.82, 2.24) is 0 Å². The lowest BCUT2D eigenvalue weighted by atomic mass is 10.1. The maximum absolute atomic E-state index is 11.1. The first-order chi connectivity index (χ1) is 10.8. The molecule has 0 radical (unpaired) electrons. The molecule has 0 N–H and O–H groups in total. The molecule has 0 aliphatic carbocycles. The molecule has 122 valence electrons. The van der Waals surface area contributed by atoms with Crippen molar-refractivity contribution in [1.29, 1.82) is 0 Å². The van der Waals surface area contributed by atoms with Crippen LogP contribution in [0.4, 0.5) is 0 Å². The number of carbonyl (C=O) groups is 1. The van der Waals surface area contributed by atoms with Crippen LogP contribution in [0.2, 0.25) is 0 Å². The van der Waals surface area contributed by atoms with Crippen molar-refractivity contribution in [2.24, 2.45) is 0 Å². The van der Waals surface area contributed by atoms with Crippen LogP contribution in [0.25, 0.3) is 0 Å². The Hall–Kier alpha value is -1.94. The molecule has 0 aliphatic rings. The van der Waals surface area contributed by atoms with E-state index in [-0.39, 0.29) is 5.97 Å². The number of esters is 1. The van der Waals surface area contributed by atoms with Crippen molar-refractivity contribution >= 4 is 17.7 Å². The third-order valence-electron chi connectivity index (χ3n) is 3.57. The van der Waals surface area contributed by atoms with E-state index in [1.165, 1.54) is 27.8 Å². The maximum atomic E-state index is 11.1. The fraction of sp³-hybridized carbons (Fsp3) is 0.316. The van der Waals surface area contributed by atoms with Crippen LogP contribution >= 0.6 is 11.8 Å². The number of benzene rings is 2. The van der Waals surface area contributed by atoms with Gasteiger partial charge in [-0.05, 0) is 74.2 Å². The molecule has 0 amide bonds. The van der Waals surface area contributed by atoms with Crippen molar-refractivity contribution in [3.8, 4) is 11.5 Å². The highest BCUT2D eigenvalue weighted by Gasteiger charge is 2.13. The van der Waals surface area contributed by atoms with Crippen LogP contribution in [-0.2, 0) is 4.79 Å². The van der Waals surface area contributed by atoms with Gasteiger partial charge in [-0.3, -0.25) is 4.79 Å². The molecule has 0 fully saturated rings. The number of aryl methyl sites for hydroxylation is 4. The average molecular weight is 330 g/mol. The summed E-state index contributed by atoms with van der Waals surface area (Å²) in [4.78, 5) is 13.5. The quantitative estimate of drug-likeness (QED) is 0.583. The smallest absolute Gasteiger partial charge is 0.308 e. The van der Waals surface area contributed by atoms with Gasteiger partial charge in [-0.1, -0.05) is 11.8 Å². The molecule has 2 aromatic carbocycles. The van der Waals surface area contributed by atoms with E-state index in [2.05, 4.69) is 13.8 Å². The van der Waals surface area contributed by atoms with Gasteiger partial charge in [0.1, 0.15) is 11.5 Å². The highest BCUT2D eigenvalue weighted by Crippen LogP contribution is 2.39. The van der Waals surface area contributed by atoms with Gasteiger partial charge in [0.25, 0.3) is 0 Å². The van der Waals surface area contributed by atoms with Gasteiger partial charge in [-0.25, -0.2) is 0 Å². The number of rotatable bonds is 4. The highest BCUT2D eigenvalue weighted by atomic mass is 32.2. The lowest BCUT2D eigenvalue weighted by Gasteiger charge is -2.16. The Morgan fingerprint density at radius 1 is 0.826 bits per heavy atom. The van der Waals surface area contributed by atoms with Crippen LogP contribution in [-0.4, -0.2) is 13.1 Å². The summed E-state index contributed by atoms with van der Waals surface area (Å²) in [7, 11) is 1.68. The van der Waals surface area contributed by atoms with E-state index < -0.39 is 0 Å². The number of hydrogen-bond donors (Lipinski definition) is 0. The van der Waals surface area contributed by atoms with Crippen LogP contribution < -0.4 is 9.47 Å². The Morgan fingerprint density at radius 3 is 1.57 bits per heavy atom. The molecular formula is C19H22O3S. The molecule has 3 nitrogen and oxygen atoms in total. The molecule has 0 saturated heterocycles. The van der Waals surface area contributed by atoms with E-state index >= 15 is 0 Å². The molecule has 0 spiro atoms. The summed E-state index contributed by atoms with van der Waals surface area (Å²) in [6, 6.07) is 7.91. The maximum Gasteiger partial charge on any atom is 0.308 e. The first-order valence-corrected chi connectivity index (χ1v) is 8.26. The third kappa shape index (κ3) is 4.08. The van der Waals surface area contributed by atoms with Gasteiger partial charge < -0.3 is 9.47 Å². The molecular weight excluding hydrogens is 308 g/mol. The van der Waals surface area contributed by atoms with Crippen LogP contribution in [0.15, 0.2) is 34.1 Å². The summed E-state index contributed by atoms with van der Waals surface area (Å²) < 4.78 is 10.5.